The van der Waals surface area contributed by atoms with Gasteiger partial charge < -0.3 is 15.2 Å². The number of benzene rings is 2. The van der Waals surface area contributed by atoms with Gasteiger partial charge in [0, 0.05) is 6.54 Å². The van der Waals surface area contributed by atoms with Gasteiger partial charge in [-0.15, -0.1) is 10.2 Å². The first-order valence-electron chi connectivity index (χ1n) is 8.38. The van der Waals surface area contributed by atoms with Gasteiger partial charge in [-0.2, -0.15) is 0 Å². The maximum atomic E-state index is 12.3. The van der Waals surface area contributed by atoms with Crippen molar-refractivity contribution in [2.75, 3.05) is 7.11 Å². The van der Waals surface area contributed by atoms with Gasteiger partial charge in [0.25, 0.3) is 5.91 Å². The maximum Gasteiger partial charge on any atom is 0.282 e. The van der Waals surface area contributed by atoms with Crippen LogP contribution >= 0.6 is 22.9 Å². The highest BCUT2D eigenvalue weighted by molar-refractivity contribution is 7.15. The predicted octanol–water partition coefficient (Wildman–Crippen LogP) is 4.23. The first-order valence-corrected chi connectivity index (χ1v) is 9.57. The molecule has 0 saturated carbocycles. The van der Waals surface area contributed by atoms with E-state index in [1.807, 2.05) is 31.2 Å². The zero-order valence-electron chi connectivity index (χ0n) is 15.3. The summed E-state index contributed by atoms with van der Waals surface area (Å²) < 4.78 is 5.08. The summed E-state index contributed by atoms with van der Waals surface area (Å²) in [5.41, 5.74) is 2.89. The zero-order valence-corrected chi connectivity index (χ0v) is 16.8. The van der Waals surface area contributed by atoms with Crippen LogP contribution in [0.3, 0.4) is 0 Å². The molecular formula is C20H18ClN3O3S. The van der Waals surface area contributed by atoms with E-state index in [0.717, 1.165) is 28.0 Å². The fourth-order valence-electron chi connectivity index (χ4n) is 2.37. The van der Waals surface area contributed by atoms with Crippen molar-refractivity contribution in [1.29, 1.82) is 0 Å². The molecule has 0 aliphatic carbocycles. The number of nitrogens with one attached hydrogen (secondary N) is 1. The molecule has 0 spiro atoms. The third-order valence-electron chi connectivity index (χ3n) is 3.89. The molecule has 1 aromatic heterocycles. The highest BCUT2D eigenvalue weighted by atomic mass is 35.5. The summed E-state index contributed by atoms with van der Waals surface area (Å²) >= 11 is 7.42. The number of carbonyl (C=O) groups excluding carboxylic acids is 1. The van der Waals surface area contributed by atoms with Crippen LogP contribution in [0.25, 0.3) is 11.1 Å². The Labute approximate surface area is 171 Å². The third-order valence-corrected chi connectivity index (χ3v) is 5.25. The highest BCUT2D eigenvalue weighted by Crippen LogP contribution is 2.30. The number of amides is 1. The fraction of sp³-hybridized carbons (Fsp3) is 0.150. The molecule has 0 aliphatic heterocycles. The normalized spacial score (nSPS) is 11.3. The first-order chi connectivity index (χ1) is 13.5. The molecule has 3 rings (SSSR count). The number of aromatic hydroxyl groups is 1. The van der Waals surface area contributed by atoms with Crippen LogP contribution in [-0.4, -0.2) is 28.3 Å². The molecule has 0 radical (unpaired) electrons. The van der Waals surface area contributed by atoms with E-state index < -0.39 is 0 Å². The van der Waals surface area contributed by atoms with Gasteiger partial charge in [-0.05, 0) is 36.3 Å². The number of aromatic nitrogens is 2. The maximum absolute atomic E-state index is 12.3. The number of halogens is 1. The Bertz CT molecular complexity index is 1020. The number of nitrogens with zero attached hydrogens (tertiary/aromatic N) is 2. The van der Waals surface area contributed by atoms with Crippen LogP contribution < -0.4 is 10.1 Å². The summed E-state index contributed by atoms with van der Waals surface area (Å²) in [7, 11) is 1.47. The molecule has 28 heavy (non-hydrogen) atoms. The van der Waals surface area contributed by atoms with Gasteiger partial charge in [0.15, 0.2) is 16.5 Å². The quantitative estimate of drug-likeness (QED) is 0.629. The average molecular weight is 416 g/mol. The van der Waals surface area contributed by atoms with Crippen LogP contribution in [0, 0.1) is 6.92 Å². The number of aryl methyl sites for hydroxylation is 1. The van der Waals surface area contributed by atoms with Crippen molar-refractivity contribution in [3.05, 3.63) is 69.2 Å². The lowest BCUT2D eigenvalue weighted by Crippen LogP contribution is -2.22. The minimum atomic E-state index is -0.305. The molecule has 8 heteroatoms. The molecule has 144 valence electrons. The summed E-state index contributed by atoms with van der Waals surface area (Å²) in [5, 5.41) is 21.4. The summed E-state index contributed by atoms with van der Waals surface area (Å²) in [5.74, 6) is 0.0750. The second kappa shape index (κ2) is 8.86. The minimum Gasteiger partial charge on any atom is -0.504 e. The molecule has 0 unspecified atom stereocenters. The van der Waals surface area contributed by atoms with Gasteiger partial charge in [0.05, 0.1) is 12.1 Å². The van der Waals surface area contributed by atoms with Crippen LogP contribution in [0.15, 0.2) is 42.5 Å². The van der Waals surface area contributed by atoms with Gasteiger partial charge >= 0.3 is 0 Å². The van der Waals surface area contributed by atoms with Gasteiger partial charge in [-0.3, -0.25) is 4.79 Å². The Morgan fingerprint density at radius 2 is 1.93 bits per heavy atom. The van der Waals surface area contributed by atoms with Crippen molar-refractivity contribution in [2.24, 2.45) is 0 Å². The van der Waals surface area contributed by atoms with Crippen LogP contribution in [0.2, 0.25) is 0 Å². The molecule has 2 aromatic carbocycles. The van der Waals surface area contributed by atoms with Crippen molar-refractivity contribution in [3.63, 3.8) is 0 Å². The van der Waals surface area contributed by atoms with Crippen molar-refractivity contribution in [1.82, 2.24) is 15.5 Å². The summed E-state index contributed by atoms with van der Waals surface area (Å²) in [6.45, 7) is 2.42. The average Bonchev–Trinajstić information content (AvgIpc) is 3.19. The van der Waals surface area contributed by atoms with Gasteiger partial charge in [0.1, 0.15) is 0 Å². The third kappa shape index (κ3) is 4.88. The summed E-state index contributed by atoms with van der Waals surface area (Å²) in [6.07, 6.45) is 1.66. The lowest BCUT2D eigenvalue weighted by molar-refractivity contribution is 0.0950. The second-order valence-corrected chi connectivity index (χ2v) is 7.39. The lowest BCUT2D eigenvalue weighted by Gasteiger charge is -2.04. The van der Waals surface area contributed by atoms with Gasteiger partial charge in [-0.1, -0.05) is 58.8 Å². The molecule has 1 amide bonds. The van der Waals surface area contributed by atoms with E-state index in [-0.39, 0.29) is 16.7 Å². The number of ether oxygens (including phenoxy) is 1. The fourth-order valence-corrected chi connectivity index (χ4v) is 3.31. The standard InChI is InChI=1S/C20H18ClN3O3S/c1-12-3-5-13(6-4-12)11-22-18(26)20-24-23-19(28-20)15(21)9-14-7-8-16(25)17(10-14)27-2/h3-10,25H,11H2,1-2H3,(H,22,26). The number of carbonyl (C=O) groups is 1. The first kappa shape index (κ1) is 19.9. The van der Waals surface area contributed by atoms with Crippen molar-refractivity contribution >= 4 is 40.0 Å². The molecule has 0 atom stereocenters. The minimum absolute atomic E-state index is 0.0409. The predicted molar refractivity (Wildman–Crippen MR) is 111 cm³/mol. The Balaban J connectivity index is 1.68. The molecule has 3 aromatic rings. The van der Waals surface area contributed by atoms with Gasteiger partial charge in [0.2, 0.25) is 5.01 Å². The van der Waals surface area contributed by atoms with Crippen molar-refractivity contribution in [3.8, 4) is 11.5 Å². The monoisotopic (exact) mass is 415 g/mol. The number of hydrogen-bond donors (Lipinski definition) is 2. The number of hydrogen-bond acceptors (Lipinski definition) is 6. The van der Waals surface area contributed by atoms with Crippen LogP contribution in [-0.2, 0) is 6.54 Å². The molecule has 0 aliphatic rings. The largest absolute Gasteiger partial charge is 0.504 e. The smallest absolute Gasteiger partial charge is 0.282 e. The molecule has 2 N–H and O–H groups in total. The van der Waals surface area contributed by atoms with Crippen molar-refractivity contribution < 1.29 is 14.6 Å². The molecular weight excluding hydrogens is 398 g/mol. The Morgan fingerprint density at radius 3 is 2.64 bits per heavy atom. The Kier molecular flexibility index (Phi) is 6.28. The lowest BCUT2D eigenvalue weighted by atomic mass is 10.1. The Morgan fingerprint density at radius 1 is 1.21 bits per heavy atom. The van der Waals surface area contributed by atoms with E-state index in [9.17, 15) is 9.90 Å². The van der Waals surface area contributed by atoms with E-state index in [4.69, 9.17) is 16.3 Å². The SMILES string of the molecule is COc1cc(C=C(Cl)c2nnc(C(=O)NCc3ccc(C)cc3)s2)ccc1O. The zero-order chi connectivity index (χ0) is 20.1. The number of phenols is 1. The van der Waals surface area contributed by atoms with Crippen LogP contribution in [0.5, 0.6) is 11.5 Å². The number of methoxy groups -OCH3 is 1. The van der Waals surface area contributed by atoms with Gasteiger partial charge in [-0.25, -0.2) is 0 Å². The van der Waals surface area contributed by atoms with Crippen molar-refractivity contribution in [2.45, 2.75) is 13.5 Å². The van der Waals surface area contributed by atoms with Crippen LogP contribution in [0.1, 0.15) is 31.5 Å². The molecule has 0 fully saturated rings. The van der Waals surface area contributed by atoms with E-state index in [1.54, 1.807) is 18.2 Å². The van der Waals surface area contributed by atoms with Crippen LogP contribution in [0.4, 0.5) is 0 Å². The summed E-state index contributed by atoms with van der Waals surface area (Å²) in [4.78, 5) is 12.3. The Hall–Kier alpha value is -2.90. The second-order valence-electron chi connectivity index (χ2n) is 6.00. The van der Waals surface area contributed by atoms with E-state index in [1.165, 1.54) is 13.2 Å². The number of phenolic OH excluding ortho intramolecular Hbond substituents is 1. The highest BCUT2D eigenvalue weighted by Gasteiger charge is 2.14. The van der Waals surface area contributed by atoms with E-state index in [2.05, 4.69) is 15.5 Å². The number of rotatable bonds is 6. The van der Waals surface area contributed by atoms with E-state index >= 15 is 0 Å². The molecule has 6 nitrogen and oxygen atoms in total. The topological polar surface area (TPSA) is 84.3 Å². The summed E-state index contributed by atoms with van der Waals surface area (Å²) in [6, 6.07) is 12.8. The molecule has 1 heterocycles. The molecule has 0 bridgehead atoms. The van der Waals surface area contributed by atoms with E-state index in [0.29, 0.717) is 22.3 Å². The molecule has 0 saturated heterocycles.